The van der Waals surface area contributed by atoms with Crippen molar-refractivity contribution in [3.63, 3.8) is 0 Å². The number of likely N-dealkylation sites (N-methyl/N-ethyl adjacent to an activating group) is 1. The van der Waals surface area contributed by atoms with E-state index in [1.54, 1.807) is 12.1 Å². The number of aromatic nitrogens is 1. The van der Waals surface area contributed by atoms with Crippen LogP contribution in [0.5, 0.6) is 0 Å². The Bertz CT molecular complexity index is 537. The van der Waals surface area contributed by atoms with Crippen LogP contribution in [0.2, 0.25) is 0 Å². The number of amides is 1. The van der Waals surface area contributed by atoms with Crippen molar-refractivity contribution >= 4 is 5.91 Å². The Morgan fingerprint density at radius 2 is 2.00 bits per heavy atom. The third-order valence-corrected chi connectivity index (χ3v) is 4.70. The summed E-state index contributed by atoms with van der Waals surface area (Å²) < 4.78 is 0. The predicted octanol–water partition coefficient (Wildman–Crippen LogP) is 2.34. The molecule has 0 radical (unpaired) electrons. The molecular weight excluding hydrogens is 276 g/mol. The molecule has 0 atom stereocenters. The molecule has 5 heteroatoms. The quantitative estimate of drug-likeness (QED) is 0.867. The maximum atomic E-state index is 12.3. The van der Waals surface area contributed by atoms with Gasteiger partial charge in [-0.05, 0) is 39.1 Å². The fourth-order valence-corrected chi connectivity index (χ4v) is 3.11. The maximum Gasteiger partial charge on any atom is 0.252 e. The highest BCUT2D eigenvalue weighted by atomic mass is 16.1. The van der Waals surface area contributed by atoms with E-state index in [1.165, 1.54) is 31.9 Å². The predicted molar refractivity (Wildman–Crippen MR) is 85.4 cm³/mol. The Hall–Kier alpha value is -1.93. The molecule has 22 heavy (non-hydrogen) atoms. The lowest BCUT2D eigenvalue weighted by atomic mass is 9.88. The molecule has 1 aromatic heterocycles. The van der Waals surface area contributed by atoms with Gasteiger partial charge in [-0.15, -0.1) is 0 Å². The van der Waals surface area contributed by atoms with Gasteiger partial charge in [0.15, 0.2) is 0 Å². The molecule has 118 valence electrons. The molecule has 1 heterocycles. The van der Waals surface area contributed by atoms with Gasteiger partial charge in [0.05, 0.1) is 5.56 Å². The monoisotopic (exact) mass is 300 g/mol. The van der Waals surface area contributed by atoms with E-state index in [1.807, 2.05) is 6.07 Å². The lowest BCUT2D eigenvalue weighted by Gasteiger charge is -2.39. The number of rotatable bonds is 4. The molecule has 1 aromatic rings. The highest BCUT2D eigenvalue weighted by Gasteiger charge is 2.33. The molecule has 0 unspecified atom stereocenters. The topological polar surface area (TPSA) is 69.0 Å². The minimum atomic E-state index is -0.123. The molecule has 0 aromatic carbocycles. The largest absolute Gasteiger partial charge is 0.350 e. The van der Waals surface area contributed by atoms with Crippen LogP contribution in [0, 0.1) is 11.3 Å². The van der Waals surface area contributed by atoms with Crippen molar-refractivity contribution in [1.82, 2.24) is 15.2 Å². The third-order valence-electron chi connectivity index (χ3n) is 4.70. The summed E-state index contributed by atoms with van der Waals surface area (Å²) in [7, 11) is 4.20. The normalized spacial score (nSPS) is 17.5. The van der Waals surface area contributed by atoms with Gasteiger partial charge in [-0.25, -0.2) is 4.98 Å². The molecular formula is C17H24N4O. The van der Waals surface area contributed by atoms with Gasteiger partial charge >= 0.3 is 0 Å². The zero-order valence-corrected chi connectivity index (χ0v) is 13.4. The zero-order valence-electron chi connectivity index (χ0n) is 13.4. The Morgan fingerprint density at radius 3 is 2.50 bits per heavy atom. The number of hydrogen-bond acceptors (Lipinski definition) is 4. The van der Waals surface area contributed by atoms with Crippen molar-refractivity contribution < 1.29 is 4.79 Å². The van der Waals surface area contributed by atoms with Crippen LogP contribution >= 0.6 is 0 Å². The number of carbonyl (C=O) groups is 1. The Morgan fingerprint density at radius 1 is 1.32 bits per heavy atom. The van der Waals surface area contributed by atoms with Crippen LogP contribution < -0.4 is 5.32 Å². The summed E-state index contributed by atoms with van der Waals surface area (Å²) >= 11 is 0. The van der Waals surface area contributed by atoms with Crippen LogP contribution in [0.25, 0.3) is 0 Å². The van der Waals surface area contributed by atoms with Crippen molar-refractivity contribution in [2.24, 2.45) is 0 Å². The first-order valence-electron chi connectivity index (χ1n) is 7.89. The molecule has 1 amide bonds. The van der Waals surface area contributed by atoms with E-state index >= 15 is 0 Å². The lowest BCUT2D eigenvalue weighted by molar-refractivity contribution is 0.0869. The summed E-state index contributed by atoms with van der Waals surface area (Å²) in [4.78, 5) is 18.5. The minimum absolute atomic E-state index is 0.0478. The van der Waals surface area contributed by atoms with Crippen molar-refractivity contribution in [2.75, 3.05) is 20.6 Å². The first-order valence-corrected chi connectivity index (χ1v) is 7.89. The van der Waals surface area contributed by atoms with E-state index in [0.29, 0.717) is 17.8 Å². The SMILES string of the molecule is CN(C)C1(CNC(=O)c2ccc(C#N)nc2)CCCCCC1. The van der Waals surface area contributed by atoms with E-state index in [4.69, 9.17) is 5.26 Å². The van der Waals surface area contributed by atoms with Crippen LogP contribution in [-0.4, -0.2) is 42.0 Å². The summed E-state index contributed by atoms with van der Waals surface area (Å²) in [6.45, 7) is 0.652. The molecule has 5 nitrogen and oxygen atoms in total. The van der Waals surface area contributed by atoms with Gasteiger partial charge < -0.3 is 10.2 Å². The average molecular weight is 300 g/mol. The van der Waals surface area contributed by atoms with Crippen LogP contribution in [-0.2, 0) is 0 Å². The smallest absolute Gasteiger partial charge is 0.252 e. The molecule has 1 saturated carbocycles. The molecule has 0 aliphatic heterocycles. The van der Waals surface area contributed by atoms with Gasteiger partial charge in [0, 0.05) is 18.3 Å². The number of nitrogens with one attached hydrogen (secondary N) is 1. The van der Waals surface area contributed by atoms with Crippen LogP contribution in [0.4, 0.5) is 0 Å². The molecule has 0 spiro atoms. The summed E-state index contributed by atoms with van der Waals surface area (Å²) in [6, 6.07) is 5.18. The first-order chi connectivity index (χ1) is 10.6. The van der Waals surface area contributed by atoms with Crippen molar-refractivity contribution in [2.45, 2.75) is 44.1 Å². The second-order valence-electron chi connectivity index (χ2n) is 6.26. The second-order valence-corrected chi connectivity index (χ2v) is 6.26. The number of hydrogen-bond donors (Lipinski definition) is 1. The molecule has 2 rings (SSSR count). The van der Waals surface area contributed by atoms with Crippen LogP contribution in [0.15, 0.2) is 18.3 Å². The molecule has 1 aliphatic carbocycles. The van der Waals surface area contributed by atoms with Gasteiger partial charge in [0.25, 0.3) is 5.91 Å². The Kier molecular flexibility index (Phi) is 5.51. The fraction of sp³-hybridized carbons (Fsp3) is 0.588. The number of pyridine rings is 1. The van der Waals surface area contributed by atoms with Gasteiger partial charge in [-0.2, -0.15) is 5.26 Å². The summed E-state index contributed by atoms with van der Waals surface area (Å²) in [5.74, 6) is -0.123. The molecule has 1 N–H and O–H groups in total. The molecule has 0 bridgehead atoms. The molecule has 0 saturated heterocycles. The van der Waals surface area contributed by atoms with Crippen molar-refractivity contribution in [3.8, 4) is 6.07 Å². The summed E-state index contributed by atoms with van der Waals surface area (Å²) in [5.41, 5.74) is 0.873. The van der Waals surface area contributed by atoms with Crippen molar-refractivity contribution in [1.29, 1.82) is 5.26 Å². The van der Waals surface area contributed by atoms with Gasteiger partial charge in [0.1, 0.15) is 11.8 Å². The van der Waals surface area contributed by atoms with E-state index < -0.39 is 0 Å². The van der Waals surface area contributed by atoms with Gasteiger partial charge in [0.2, 0.25) is 0 Å². The molecule has 1 fully saturated rings. The average Bonchev–Trinajstić information content (AvgIpc) is 2.79. The maximum absolute atomic E-state index is 12.3. The fourth-order valence-electron chi connectivity index (χ4n) is 3.11. The zero-order chi connectivity index (χ0) is 16.0. The Labute approximate surface area is 132 Å². The first kappa shape index (κ1) is 16.4. The minimum Gasteiger partial charge on any atom is -0.350 e. The van der Waals surface area contributed by atoms with Crippen LogP contribution in [0.3, 0.4) is 0 Å². The third kappa shape index (κ3) is 3.83. The summed E-state index contributed by atoms with van der Waals surface area (Å²) in [5, 5.41) is 11.8. The van der Waals surface area contributed by atoms with Crippen molar-refractivity contribution in [3.05, 3.63) is 29.6 Å². The van der Waals surface area contributed by atoms with E-state index in [9.17, 15) is 4.79 Å². The van der Waals surface area contributed by atoms with E-state index in [-0.39, 0.29) is 11.4 Å². The highest BCUT2D eigenvalue weighted by molar-refractivity contribution is 5.93. The van der Waals surface area contributed by atoms with E-state index in [2.05, 4.69) is 29.3 Å². The summed E-state index contributed by atoms with van der Waals surface area (Å²) in [6.07, 6.45) is 8.69. The number of carbonyl (C=O) groups excluding carboxylic acids is 1. The standard InChI is InChI=1S/C17H24N4O/c1-21(2)17(9-5-3-4-6-10-17)13-20-16(22)14-7-8-15(11-18)19-12-14/h7-8,12H,3-6,9-10,13H2,1-2H3,(H,20,22). The Balaban J connectivity index is 2.02. The van der Waals surface area contributed by atoms with E-state index in [0.717, 1.165) is 12.8 Å². The highest BCUT2D eigenvalue weighted by Crippen LogP contribution is 2.30. The molecule has 1 aliphatic rings. The number of nitriles is 1. The number of nitrogens with zero attached hydrogens (tertiary/aromatic N) is 3. The lowest BCUT2D eigenvalue weighted by Crippen LogP contribution is -2.52. The van der Waals surface area contributed by atoms with Gasteiger partial charge in [-0.3, -0.25) is 4.79 Å². The second kappa shape index (κ2) is 7.37. The van der Waals surface area contributed by atoms with Gasteiger partial charge in [-0.1, -0.05) is 25.7 Å². The van der Waals surface area contributed by atoms with Crippen LogP contribution in [0.1, 0.15) is 54.6 Å².